The lowest BCUT2D eigenvalue weighted by Gasteiger charge is -2.22. The van der Waals surface area contributed by atoms with Gasteiger partial charge in [-0.25, -0.2) is 4.39 Å². The van der Waals surface area contributed by atoms with Gasteiger partial charge in [-0.1, -0.05) is 13.0 Å². The van der Waals surface area contributed by atoms with Crippen molar-refractivity contribution in [1.82, 2.24) is 0 Å². The summed E-state index contributed by atoms with van der Waals surface area (Å²) in [4.78, 5) is 0. The molecule has 0 saturated heterocycles. The molecule has 0 bridgehead atoms. The largest absolute Gasteiger partial charge is 0.432 e. The van der Waals surface area contributed by atoms with E-state index in [1.807, 2.05) is 0 Å². The van der Waals surface area contributed by atoms with Crippen LogP contribution >= 0.6 is 0 Å². The van der Waals surface area contributed by atoms with Gasteiger partial charge >= 0.3 is 6.61 Å². The third-order valence-corrected chi connectivity index (χ3v) is 2.38. The fourth-order valence-electron chi connectivity index (χ4n) is 1.63. The summed E-state index contributed by atoms with van der Waals surface area (Å²) in [5, 5.41) is 0. The molecule has 0 saturated carbocycles. The number of halogens is 3. The molecule has 0 spiro atoms. The summed E-state index contributed by atoms with van der Waals surface area (Å²) in [6.45, 7) is -1.79. The van der Waals surface area contributed by atoms with Gasteiger partial charge in [0.1, 0.15) is 0 Å². The highest BCUT2D eigenvalue weighted by Gasteiger charge is 2.21. The molecule has 1 aromatic carbocycles. The smallest absolute Gasteiger partial charge is 0.387 e. The van der Waals surface area contributed by atoms with Gasteiger partial charge in [0.2, 0.25) is 0 Å². The summed E-state index contributed by atoms with van der Waals surface area (Å²) < 4.78 is 74.0. The molecule has 1 unspecified atom stereocenters. The molecule has 2 rings (SSSR count). The highest BCUT2D eigenvalue weighted by atomic mass is 19.3. The van der Waals surface area contributed by atoms with Gasteiger partial charge in [0, 0.05) is 5.48 Å². The van der Waals surface area contributed by atoms with Crippen LogP contribution in [0.3, 0.4) is 0 Å². The van der Waals surface area contributed by atoms with Gasteiger partial charge in [-0.3, -0.25) is 0 Å². The molecule has 0 fully saturated rings. The van der Waals surface area contributed by atoms with Crippen molar-refractivity contribution >= 4 is 0 Å². The van der Waals surface area contributed by atoms with Crippen LogP contribution in [0.5, 0.6) is 5.75 Å². The Morgan fingerprint density at radius 2 is 2.25 bits per heavy atom. The zero-order valence-corrected chi connectivity index (χ0v) is 8.56. The molecular weight excluding hydrogens is 217 g/mol. The number of rotatable bonds is 2. The number of benzene rings is 1. The fourth-order valence-corrected chi connectivity index (χ4v) is 1.63. The van der Waals surface area contributed by atoms with E-state index in [1.165, 1.54) is 13.0 Å². The molecule has 0 aromatic heterocycles. The third-order valence-electron chi connectivity index (χ3n) is 2.38. The summed E-state index contributed by atoms with van der Waals surface area (Å²) in [6.07, 6.45) is -4.43. The Hall–Kier alpha value is -1.19. The summed E-state index contributed by atoms with van der Waals surface area (Å²) in [6, 6.07) is 2.13. The van der Waals surface area contributed by atoms with Crippen molar-refractivity contribution in [3.8, 4) is 5.75 Å². The Labute approximate surface area is 97.8 Å². The van der Waals surface area contributed by atoms with Crippen molar-refractivity contribution in [1.29, 1.82) is 0 Å². The number of hydrogen-bond donors (Lipinski definition) is 0. The first kappa shape index (κ1) is 7.20. The molecule has 4 heteroatoms. The van der Waals surface area contributed by atoms with Crippen molar-refractivity contribution in [2.75, 3.05) is 0 Å². The highest BCUT2D eigenvalue weighted by molar-refractivity contribution is 5.39. The van der Waals surface area contributed by atoms with E-state index < -0.39 is 36.8 Å². The molecule has 1 aliphatic carbocycles. The van der Waals surface area contributed by atoms with Gasteiger partial charge in [0.25, 0.3) is 0 Å². The van der Waals surface area contributed by atoms with Crippen molar-refractivity contribution in [3.63, 3.8) is 0 Å². The number of ether oxygens (including phenoxy) is 1. The van der Waals surface area contributed by atoms with E-state index in [-0.39, 0.29) is 17.5 Å². The second-order valence-corrected chi connectivity index (χ2v) is 3.53. The Morgan fingerprint density at radius 3 is 2.94 bits per heavy atom. The van der Waals surface area contributed by atoms with Crippen molar-refractivity contribution in [2.45, 2.75) is 32.7 Å². The first-order valence-electron chi connectivity index (χ1n) is 6.84. The molecule has 0 amide bonds. The van der Waals surface area contributed by atoms with Crippen LogP contribution in [0.2, 0.25) is 0 Å². The summed E-state index contributed by atoms with van der Waals surface area (Å²) in [5.74, 6) is -2.80. The zero-order valence-electron chi connectivity index (χ0n) is 12.6. The van der Waals surface area contributed by atoms with E-state index in [9.17, 15) is 13.2 Å². The lowest BCUT2D eigenvalue weighted by molar-refractivity contribution is -0.0523. The Bertz CT molecular complexity index is 534. The Kier molecular flexibility index (Phi) is 1.96. The molecule has 1 aliphatic rings. The normalized spacial score (nSPS) is 29.7. The van der Waals surface area contributed by atoms with Gasteiger partial charge < -0.3 is 4.74 Å². The topological polar surface area (TPSA) is 9.23 Å². The van der Waals surface area contributed by atoms with Crippen LogP contribution in [-0.4, -0.2) is 6.61 Å². The van der Waals surface area contributed by atoms with Crippen LogP contribution in [0.1, 0.15) is 29.9 Å². The van der Waals surface area contributed by atoms with Gasteiger partial charge in [0.15, 0.2) is 11.6 Å². The van der Waals surface area contributed by atoms with Crippen LogP contribution in [-0.2, 0) is 12.8 Å². The first-order chi connectivity index (χ1) is 9.07. The summed E-state index contributed by atoms with van der Waals surface area (Å²) in [7, 11) is 0. The van der Waals surface area contributed by atoms with Crippen LogP contribution in [0, 0.1) is 11.7 Å². The number of fused-ring (bicyclic) bond motifs is 1. The van der Waals surface area contributed by atoms with Crippen LogP contribution in [0.25, 0.3) is 0 Å². The molecular formula is C12H13F3O. The molecule has 0 heterocycles. The molecule has 88 valence electrons. The van der Waals surface area contributed by atoms with Crippen molar-refractivity contribution < 1.29 is 23.4 Å². The number of hydrogen-bond acceptors (Lipinski definition) is 1. The lowest BCUT2D eigenvalue weighted by atomic mass is 9.84. The average Bonchev–Trinajstić information content (AvgIpc) is 2.31. The average molecular weight is 234 g/mol. The third kappa shape index (κ3) is 2.15. The fraction of sp³-hybridized carbons (Fsp3) is 0.500. The molecule has 0 aliphatic heterocycles. The van der Waals surface area contributed by atoms with Gasteiger partial charge in [-0.15, -0.1) is 0 Å². The molecule has 0 radical (unpaired) electrons. The zero-order chi connectivity index (χ0) is 15.3. The maximum Gasteiger partial charge on any atom is 0.387 e. The van der Waals surface area contributed by atoms with E-state index in [0.717, 1.165) is 6.07 Å². The molecule has 1 aromatic rings. The standard InChI is InChI=1S/C12H13F3O/c1-7-2-4-9-8(6-7)3-5-10(11(9)13)16-12(14)15/h3,5,7,12H,2,4,6H2,1H3/i2D2,6D2. The van der Waals surface area contributed by atoms with E-state index in [1.54, 1.807) is 0 Å². The highest BCUT2D eigenvalue weighted by Crippen LogP contribution is 2.32. The van der Waals surface area contributed by atoms with Crippen LogP contribution in [0.15, 0.2) is 12.1 Å². The van der Waals surface area contributed by atoms with Gasteiger partial charge in [-0.05, 0) is 42.3 Å². The van der Waals surface area contributed by atoms with E-state index >= 15 is 0 Å². The molecule has 0 N–H and O–H groups in total. The second kappa shape index (κ2) is 4.36. The van der Waals surface area contributed by atoms with E-state index in [4.69, 9.17) is 5.48 Å². The van der Waals surface area contributed by atoms with Crippen LogP contribution < -0.4 is 4.74 Å². The monoisotopic (exact) mass is 234 g/mol. The minimum Gasteiger partial charge on any atom is -0.432 e. The lowest BCUT2D eigenvalue weighted by Crippen LogP contribution is -2.14. The minimum absolute atomic E-state index is 0.0146. The first-order valence-corrected chi connectivity index (χ1v) is 4.84. The van der Waals surface area contributed by atoms with E-state index in [0.29, 0.717) is 0 Å². The predicted octanol–water partition coefficient (Wildman–Crippen LogP) is 3.55. The minimum atomic E-state index is -3.20. The summed E-state index contributed by atoms with van der Waals surface area (Å²) >= 11 is 0. The Morgan fingerprint density at radius 1 is 1.50 bits per heavy atom. The summed E-state index contributed by atoms with van der Waals surface area (Å²) in [5.41, 5.74) is -0.254. The molecule has 1 nitrogen and oxygen atoms in total. The van der Waals surface area contributed by atoms with Crippen LogP contribution in [0.4, 0.5) is 13.2 Å². The quantitative estimate of drug-likeness (QED) is 0.760. The Balaban J connectivity index is 2.57. The molecule has 16 heavy (non-hydrogen) atoms. The maximum absolute atomic E-state index is 14.1. The second-order valence-electron chi connectivity index (χ2n) is 3.53. The van der Waals surface area contributed by atoms with Gasteiger partial charge in [0.05, 0.1) is 0 Å². The predicted molar refractivity (Wildman–Crippen MR) is 54.2 cm³/mol. The van der Waals surface area contributed by atoms with E-state index in [2.05, 4.69) is 4.74 Å². The SMILES string of the molecule is [2H]C1([2H])Cc2c(ccc(OC(F)F)c2F)C([2H])([2H])C1C. The molecule has 1 atom stereocenters. The maximum atomic E-state index is 14.1. The van der Waals surface area contributed by atoms with Gasteiger partial charge in [-0.2, -0.15) is 8.78 Å². The van der Waals surface area contributed by atoms with Crippen molar-refractivity contribution in [3.05, 3.63) is 29.1 Å². The number of alkyl halides is 2. The van der Waals surface area contributed by atoms with Crippen molar-refractivity contribution in [2.24, 2.45) is 5.92 Å².